The quantitative estimate of drug-likeness (QED) is 0.630. The van der Waals surface area contributed by atoms with E-state index in [1.54, 1.807) is 7.05 Å². The van der Waals surface area contributed by atoms with Gasteiger partial charge in [0, 0.05) is 26.3 Å². The average molecular weight is 285 g/mol. The largest absolute Gasteiger partial charge is 0.356 e. The molecule has 1 aromatic carbocycles. The molecule has 0 unspecified atom stereocenters. The lowest BCUT2D eigenvalue weighted by Gasteiger charge is -2.10. The Balaban J connectivity index is 1.83. The minimum Gasteiger partial charge on any atom is -0.356 e. The molecule has 0 radical (unpaired) electrons. The highest BCUT2D eigenvalue weighted by Crippen LogP contribution is 2.07. The number of hydrogen-bond acceptors (Lipinski definition) is 2. The van der Waals surface area contributed by atoms with Gasteiger partial charge in [-0.05, 0) is 30.5 Å². The van der Waals surface area contributed by atoms with Gasteiger partial charge in [0.05, 0.1) is 11.9 Å². The van der Waals surface area contributed by atoms with Gasteiger partial charge in [-0.3, -0.25) is 4.99 Å². The second kappa shape index (κ2) is 8.09. The van der Waals surface area contributed by atoms with Crippen molar-refractivity contribution in [3.63, 3.8) is 0 Å². The molecular formula is C16H23N5. The third-order valence-electron chi connectivity index (χ3n) is 3.13. The summed E-state index contributed by atoms with van der Waals surface area (Å²) in [4.78, 5) is 4.18. The van der Waals surface area contributed by atoms with E-state index in [0.717, 1.165) is 37.6 Å². The molecule has 21 heavy (non-hydrogen) atoms. The van der Waals surface area contributed by atoms with Crippen molar-refractivity contribution in [1.82, 2.24) is 20.4 Å². The van der Waals surface area contributed by atoms with E-state index >= 15 is 0 Å². The smallest absolute Gasteiger partial charge is 0.190 e. The van der Waals surface area contributed by atoms with E-state index in [1.165, 1.54) is 5.56 Å². The van der Waals surface area contributed by atoms with Crippen molar-refractivity contribution >= 4 is 5.96 Å². The molecule has 1 aromatic heterocycles. The third-order valence-corrected chi connectivity index (χ3v) is 3.13. The van der Waals surface area contributed by atoms with Crippen LogP contribution in [-0.4, -0.2) is 35.9 Å². The first kappa shape index (κ1) is 15.1. The number of benzene rings is 1. The van der Waals surface area contributed by atoms with Crippen LogP contribution in [0.15, 0.2) is 47.7 Å². The van der Waals surface area contributed by atoms with Crippen LogP contribution in [0.1, 0.15) is 18.9 Å². The predicted octanol–water partition coefficient (Wildman–Crippen LogP) is 1.99. The highest BCUT2D eigenvalue weighted by Gasteiger charge is 2.01. The fourth-order valence-electron chi connectivity index (χ4n) is 2.00. The van der Waals surface area contributed by atoms with Crippen LogP contribution in [-0.2, 0) is 6.42 Å². The maximum atomic E-state index is 4.40. The number of rotatable bonds is 6. The Hall–Kier alpha value is -2.30. The van der Waals surface area contributed by atoms with Gasteiger partial charge in [0.25, 0.3) is 0 Å². The van der Waals surface area contributed by atoms with E-state index in [4.69, 9.17) is 0 Å². The Labute approximate surface area is 126 Å². The lowest BCUT2D eigenvalue weighted by atomic mass is 10.2. The van der Waals surface area contributed by atoms with Crippen LogP contribution in [0.3, 0.4) is 0 Å². The molecule has 0 saturated heterocycles. The first-order chi connectivity index (χ1) is 10.3. The van der Waals surface area contributed by atoms with Crippen molar-refractivity contribution < 1.29 is 0 Å². The number of para-hydroxylation sites is 1. The monoisotopic (exact) mass is 285 g/mol. The Kier molecular flexibility index (Phi) is 5.82. The van der Waals surface area contributed by atoms with E-state index in [2.05, 4.69) is 33.8 Å². The highest BCUT2D eigenvalue weighted by molar-refractivity contribution is 5.79. The van der Waals surface area contributed by atoms with Crippen molar-refractivity contribution in [3.8, 4) is 5.69 Å². The topological polar surface area (TPSA) is 54.2 Å². The Morgan fingerprint density at radius 1 is 1.19 bits per heavy atom. The molecule has 0 atom stereocenters. The molecule has 0 aliphatic heterocycles. The summed E-state index contributed by atoms with van der Waals surface area (Å²) in [5.41, 5.74) is 2.29. The molecule has 5 nitrogen and oxygen atoms in total. The first-order valence-corrected chi connectivity index (χ1v) is 7.37. The standard InChI is InChI=1S/C16H23N5/c1-3-10-18-16(17-2)19-11-9-14-12-20-21(13-14)15-7-5-4-6-8-15/h4-8,12-13H,3,9-11H2,1-2H3,(H2,17,18,19). The van der Waals surface area contributed by atoms with Crippen molar-refractivity contribution in [1.29, 1.82) is 0 Å². The van der Waals surface area contributed by atoms with Gasteiger partial charge in [-0.1, -0.05) is 25.1 Å². The van der Waals surface area contributed by atoms with Crippen molar-refractivity contribution in [2.75, 3.05) is 20.1 Å². The van der Waals surface area contributed by atoms with Crippen LogP contribution < -0.4 is 10.6 Å². The average Bonchev–Trinajstić information content (AvgIpc) is 3.00. The van der Waals surface area contributed by atoms with Crippen molar-refractivity contribution in [3.05, 3.63) is 48.3 Å². The number of aromatic nitrogens is 2. The first-order valence-electron chi connectivity index (χ1n) is 7.37. The zero-order valence-electron chi connectivity index (χ0n) is 12.7. The summed E-state index contributed by atoms with van der Waals surface area (Å²) >= 11 is 0. The Morgan fingerprint density at radius 2 is 1.95 bits per heavy atom. The molecule has 2 rings (SSSR count). The van der Waals surface area contributed by atoms with Crippen LogP contribution in [0.2, 0.25) is 0 Å². The summed E-state index contributed by atoms with van der Waals surface area (Å²) in [5.74, 6) is 0.854. The molecule has 0 fully saturated rings. The molecule has 1 heterocycles. The lowest BCUT2D eigenvalue weighted by Crippen LogP contribution is -2.38. The molecule has 0 saturated carbocycles. The van der Waals surface area contributed by atoms with Gasteiger partial charge in [-0.15, -0.1) is 0 Å². The maximum absolute atomic E-state index is 4.40. The molecule has 0 spiro atoms. The van der Waals surface area contributed by atoms with E-state index in [9.17, 15) is 0 Å². The number of aliphatic imine (C=N–C) groups is 1. The summed E-state index contributed by atoms with van der Waals surface area (Å²) in [5, 5.41) is 11.0. The highest BCUT2D eigenvalue weighted by atomic mass is 15.3. The molecular weight excluding hydrogens is 262 g/mol. The van der Waals surface area contributed by atoms with Crippen LogP contribution in [0, 0.1) is 0 Å². The van der Waals surface area contributed by atoms with Crippen molar-refractivity contribution in [2.45, 2.75) is 19.8 Å². The second-order valence-electron chi connectivity index (χ2n) is 4.80. The van der Waals surface area contributed by atoms with Crippen molar-refractivity contribution in [2.24, 2.45) is 4.99 Å². The molecule has 0 bridgehead atoms. The van der Waals surface area contributed by atoms with E-state index < -0.39 is 0 Å². The summed E-state index contributed by atoms with van der Waals surface area (Å²) in [6.07, 6.45) is 5.99. The van der Waals surface area contributed by atoms with E-state index in [1.807, 2.05) is 41.2 Å². The molecule has 0 aliphatic rings. The fourth-order valence-corrected chi connectivity index (χ4v) is 2.00. The summed E-state index contributed by atoms with van der Waals surface area (Å²) in [6, 6.07) is 10.1. The van der Waals surface area contributed by atoms with Gasteiger partial charge in [0.2, 0.25) is 0 Å². The number of nitrogens with zero attached hydrogens (tertiary/aromatic N) is 3. The fraction of sp³-hybridized carbons (Fsp3) is 0.375. The zero-order valence-corrected chi connectivity index (χ0v) is 12.7. The molecule has 2 aromatic rings. The molecule has 0 amide bonds. The van der Waals surface area contributed by atoms with Gasteiger partial charge in [0.15, 0.2) is 5.96 Å². The molecule has 0 aliphatic carbocycles. The molecule has 2 N–H and O–H groups in total. The van der Waals surface area contributed by atoms with Crippen LogP contribution >= 0.6 is 0 Å². The second-order valence-corrected chi connectivity index (χ2v) is 4.80. The van der Waals surface area contributed by atoms with Gasteiger partial charge in [-0.25, -0.2) is 4.68 Å². The normalized spacial score (nSPS) is 11.4. The van der Waals surface area contributed by atoms with E-state index in [-0.39, 0.29) is 0 Å². The number of hydrogen-bond donors (Lipinski definition) is 2. The van der Waals surface area contributed by atoms with Crippen LogP contribution in [0.4, 0.5) is 0 Å². The number of nitrogens with one attached hydrogen (secondary N) is 2. The Bertz CT molecular complexity index is 559. The zero-order chi connectivity index (χ0) is 14.9. The summed E-state index contributed by atoms with van der Waals surface area (Å²) in [7, 11) is 1.79. The van der Waals surface area contributed by atoms with Gasteiger partial charge in [0.1, 0.15) is 0 Å². The lowest BCUT2D eigenvalue weighted by molar-refractivity contribution is 0.773. The third kappa shape index (κ3) is 4.63. The number of guanidine groups is 1. The molecule has 5 heteroatoms. The van der Waals surface area contributed by atoms with Crippen LogP contribution in [0.5, 0.6) is 0 Å². The van der Waals surface area contributed by atoms with Gasteiger partial charge in [-0.2, -0.15) is 5.10 Å². The van der Waals surface area contributed by atoms with E-state index in [0.29, 0.717) is 0 Å². The SMILES string of the molecule is CCCNC(=NC)NCCc1cnn(-c2ccccc2)c1. The minimum absolute atomic E-state index is 0.837. The maximum Gasteiger partial charge on any atom is 0.190 e. The predicted molar refractivity (Wildman–Crippen MR) is 86.9 cm³/mol. The van der Waals surface area contributed by atoms with Crippen LogP contribution in [0.25, 0.3) is 5.69 Å². The summed E-state index contributed by atoms with van der Waals surface area (Å²) in [6.45, 7) is 3.91. The minimum atomic E-state index is 0.837. The summed E-state index contributed by atoms with van der Waals surface area (Å²) < 4.78 is 1.90. The molecule has 112 valence electrons. The Morgan fingerprint density at radius 3 is 2.67 bits per heavy atom. The van der Waals surface area contributed by atoms with Gasteiger partial charge < -0.3 is 10.6 Å². The van der Waals surface area contributed by atoms with Gasteiger partial charge >= 0.3 is 0 Å².